The van der Waals surface area contributed by atoms with E-state index in [0.29, 0.717) is 109 Å². The van der Waals surface area contributed by atoms with Crippen LogP contribution in [0.3, 0.4) is 0 Å². The monoisotopic (exact) mass is 942 g/mol. The summed E-state index contributed by atoms with van der Waals surface area (Å²) in [7, 11) is 0. The molecular weight excluding hydrogens is 884 g/mol. The van der Waals surface area contributed by atoms with Crippen molar-refractivity contribution in [1.82, 2.24) is 15.5 Å². The molecule has 4 aromatic carbocycles. The maximum Gasteiger partial charge on any atom is 0.255 e. The summed E-state index contributed by atoms with van der Waals surface area (Å²) in [5.41, 5.74) is 6.92. The number of nitrogens with one attached hydrogen (secondary N) is 3. The number of benzene rings is 4. The van der Waals surface area contributed by atoms with E-state index in [4.69, 9.17) is 40.0 Å². The van der Waals surface area contributed by atoms with Crippen LogP contribution in [0.5, 0.6) is 17.2 Å². The van der Waals surface area contributed by atoms with E-state index in [1.807, 2.05) is 54.6 Å². The first-order chi connectivity index (χ1) is 32.7. The molecule has 0 aliphatic carbocycles. The summed E-state index contributed by atoms with van der Waals surface area (Å²) in [5, 5.41) is 28.3. The second-order valence-corrected chi connectivity index (χ2v) is 16.0. The van der Waals surface area contributed by atoms with E-state index in [2.05, 4.69) is 16.0 Å². The third kappa shape index (κ3) is 15.5. The van der Waals surface area contributed by atoms with Crippen molar-refractivity contribution in [2.45, 2.75) is 38.3 Å². The van der Waals surface area contributed by atoms with Crippen LogP contribution in [-0.4, -0.2) is 136 Å². The molecule has 4 aromatic rings. The molecule has 0 spiro atoms. The van der Waals surface area contributed by atoms with E-state index < -0.39 is 11.9 Å². The highest BCUT2D eigenvalue weighted by Gasteiger charge is 2.39. The molecule has 0 aromatic heterocycles. The van der Waals surface area contributed by atoms with E-state index in [1.165, 1.54) is 4.90 Å². The van der Waals surface area contributed by atoms with Crippen molar-refractivity contribution < 1.29 is 57.8 Å². The molecule has 4 amide bonds. The Bertz CT molecular complexity index is 2260. The number of carbonyl (C=O) groups excluding carboxylic acids is 4. The number of hydrogen-bond acceptors (Lipinski definition) is 13. The normalized spacial score (nSPS) is 15.0. The van der Waals surface area contributed by atoms with Crippen molar-refractivity contribution in [3.05, 3.63) is 119 Å². The van der Waals surface area contributed by atoms with Gasteiger partial charge in [-0.3, -0.25) is 24.5 Å². The Hall–Kier alpha value is -6.01. The number of hydrogen-bond donors (Lipinski definition) is 5. The third-order valence-corrected chi connectivity index (χ3v) is 11.1. The van der Waals surface area contributed by atoms with Gasteiger partial charge in [-0.25, -0.2) is 0 Å². The summed E-state index contributed by atoms with van der Waals surface area (Å²) < 4.78 is 33.7. The van der Waals surface area contributed by atoms with Gasteiger partial charge in [0.05, 0.1) is 72.6 Å². The second kappa shape index (κ2) is 27.0. The molecule has 67 heavy (non-hydrogen) atoms. The van der Waals surface area contributed by atoms with Gasteiger partial charge in [-0.15, -0.1) is 11.6 Å². The molecule has 1 saturated heterocycles. The van der Waals surface area contributed by atoms with Crippen LogP contribution in [0.25, 0.3) is 11.1 Å². The fourth-order valence-corrected chi connectivity index (χ4v) is 7.82. The fourth-order valence-electron chi connectivity index (χ4n) is 7.64. The van der Waals surface area contributed by atoms with Gasteiger partial charge in [-0.2, -0.15) is 0 Å². The zero-order chi connectivity index (χ0) is 47.2. The average Bonchev–Trinajstić information content (AvgIpc) is 3.67. The first-order valence-electron chi connectivity index (χ1n) is 22.5. The number of ether oxygens (including phenoxy) is 6. The Morgan fingerprint density at radius 3 is 1.84 bits per heavy atom. The van der Waals surface area contributed by atoms with Crippen LogP contribution in [-0.2, 0) is 44.6 Å². The SMILES string of the molecule is O=C(CCOCCOCCOCCOCCOCCNc1cccc2c1CN(C1CCC(=O)NC1=O)C2=O)NCCOc1ccc(C(=C(CCCl)c2ccc(O)cc2)c2ccc(O)cc2)cc1. The number of allylic oxidation sites excluding steroid dienone is 1. The molecule has 1 atom stereocenters. The maximum absolute atomic E-state index is 13.0. The minimum absolute atomic E-state index is 0.142. The first kappa shape index (κ1) is 50.4. The van der Waals surface area contributed by atoms with Gasteiger partial charge in [0, 0.05) is 48.6 Å². The minimum atomic E-state index is -0.654. The van der Waals surface area contributed by atoms with Gasteiger partial charge in [0.15, 0.2) is 0 Å². The lowest BCUT2D eigenvalue weighted by Gasteiger charge is -2.29. The maximum atomic E-state index is 13.0. The molecule has 0 radical (unpaired) electrons. The number of piperidine rings is 1. The summed E-state index contributed by atoms with van der Waals surface area (Å²) in [6.45, 7) is 5.36. The second-order valence-electron chi connectivity index (χ2n) is 15.6. The molecular formula is C50H59ClN4O12. The molecule has 2 aliphatic rings. The van der Waals surface area contributed by atoms with Crippen LogP contribution in [0.1, 0.15) is 58.3 Å². The Morgan fingerprint density at radius 2 is 1.24 bits per heavy atom. The highest BCUT2D eigenvalue weighted by atomic mass is 35.5. The first-order valence-corrected chi connectivity index (χ1v) is 23.0. The number of phenols is 2. The van der Waals surface area contributed by atoms with Gasteiger partial charge in [0.2, 0.25) is 17.7 Å². The largest absolute Gasteiger partial charge is 0.508 e. The Labute approximate surface area is 395 Å². The van der Waals surface area contributed by atoms with E-state index in [9.17, 15) is 29.4 Å². The van der Waals surface area contributed by atoms with E-state index in [1.54, 1.807) is 36.4 Å². The molecule has 0 saturated carbocycles. The number of fused-ring (bicyclic) bond motifs is 1. The molecule has 0 bridgehead atoms. The van der Waals surface area contributed by atoms with Crippen molar-refractivity contribution in [2.75, 3.05) is 97.0 Å². The average molecular weight is 943 g/mol. The summed E-state index contributed by atoms with van der Waals surface area (Å²) >= 11 is 6.26. The van der Waals surface area contributed by atoms with Gasteiger partial charge in [-0.1, -0.05) is 42.5 Å². The Balaban J connectivity index is 0.741. The Morgan fingerprint density at radius 1 is 0.672 bits per heavy atom. The molecule has 1 fully saturated rings. The lowest BCUT2D eigenvalue weighted by molar-refractivity contribution is -0.137. The van der Waals surface area contributed by atoms with Crippen LogP contribution >= 0.6 is 11.6 Å². The van der Waals surface area contributed by atoms with Crippen LogP contribution in [0.15, 0.2) is 91.0 Å². The topological polar surface area (TPSA) is 203 Å². The van der Waals surface area contributed by atoms with Gasteiger partial charge in [0.25, 0.3) is 5.91 Å². The predicted molar refractivity (Wildman–Crippen MR) is 252 cm³/mol. The number of carbonyl (C=O) groups is 4. The zero-order valence-electron chi connectivity index (χ0n) is 37.5. The van der Waals surface area contributed by atoms with Crippen molar-refractivity contribution in [1.29, 1.82) is 0 Å². The molecule has 2 aliphatic heterocycles. The van der Waals surface area contributed by atoms with Gasteiger partial charge in [-0.05, 0) is 89.2 Å². The number of phenolic OH excluding ortho intramolecular Hbond substituents is 2. The smallest absolute Gasteiger partial charge is 0.255 e. The van der Waals surface area contributed by atoms with Crippen LogP contribution in [0, 0.1) is 0 Å². The summed E-state index contributed by atoms with van der Waals surface area (Å²) in [5.74, 6) is 0.295. The van der Waals surface area contributed by atoms with E-state index in [0.717, 1.165) is 39.1 Å². The quantitative estimate of drug-likeness (QED) is 0.0197. The molecule has 2 heterocycles. The van der Waals surface area contributed by atoms with Gasteiger partial charge < -0.3 is 54.2 Å². The van der Waals surface area contributed by atoms with Crippen molar-refractivity contribution in [3.8, 4) is 17.2 Å². The summed E-state index contributed by atoms with van der Waals surface area (Å²) in [4.78, 5) is 50.8. The van der Waals surface area contributed by atoms with Crippen LogP contribution in [0.2, 0.25) is 0 Å². The molecule has 16 nitrogen and oxygen atoms in total. The Kier molecular flexibility index (Phi) is 20.3. The molecule has 5 N–H and O–H groups in total. The molecule has 1 unspecified atom stereocenters. The number of halogens is 1. The molecule has 358 valence electrons. The zero-order valence-corrected chi connectivity index (χ0v) is 38.2. The van der Waals surface area contributed by atoms with E-state index in [-0.39, 0.29) is 55.3 Å². The standard InChI is InChI=1S/C50H59ClN4O12/c51-20-18-41(35-4-10-38(56)11-5-35)48(36-6-12-39(57)13-7-36)37-8-14-40(15-9-37)67-25-22-53-46(58)19-23-62-26-28-64-30-32-66-33-31-65-29-27-63-24-21-52-44-3-1-2-42-43(44)34-55(50(42)61)45-16-17-47(59)54-49(45)60/h1-15,45,52,56-57H,16-34H2,(H,53,58)(H,54,59,60). The summed E-state index contributed by atoms with van der Waals surface area (Å²) in [6, 6.07) is 26.5. The highest BCUT2D eigenvalue weighted by Crippen LogP contribution is 2.37. The molecule has 6 rings (SSSR count). The minimum Gasteiger partial charge on any atom is -0.508 e. The van der Waals surface area contributed by atoms with Crippen LogP contribution < -0.4 is 20.7 Å². The van der Waals surface area contributed by atoms with Crippen molar-refractivity contribution in [2.24, 2.45) is 0 Å². The lowest BCUT2D eigenvalue weighted by Crippen LogP contribution is -2.52. The van der Waals surface area contributed by atoms with E-state index >= 15 is 0 Å². The number of aromatic hydroxyl groups is 2. The van der Waals surface area contributed by atoms with Crippen molar-refractivity contribution >= 4 is 52.1 Å². The number of rotatable bonds is 29. The number of amides is 4. The number of anilines is 1. The fraction of sp³-hybridized carbons (Fsp3) is 0.400. The predicted octanol–water partition coefficient (Wildman–Crippen LogP) is 5.53. The van der Waals surface area contributed by atoms with Gasteiger partial charge >= 0.3 is 0 Å². The lowest BCUT2D eigenvalue weighted by atomic mass is 9.88. The summed E-state index contributed by atoms with van der Waals surface area (Å²) in [6.07, 6.45) is 1.33. The highest BCUT2D eigenvalue weighted by molar-refractivity contribution is 6.18. The number of alkyl halides is 1. The van der Waals surface area contributed by atoms with Crippen LogP contribution in [0.4, 0.5) is 5.69 Å². The van der Waals surface area contributed by atoms with Gasteiger partial charge in [0.1, 0.15) is 29.9 Å². The third-order valence-electron chi connectivity index (χ3n) is 11.0. The number of imide groups is 1. The van der Waals surface area contributed by atoms with Crippen molar-refractivity contribution in [3.63, 3.8) is 0 Å². The molecule has 17 heteroatoms. The number of nitrogens with zero attached hydrogens (tertiary/aromatic N) is 1.